The van der Waals surface area contributed by atoms with Gasteiger partial charge in [-0.3, -0.25) is 0 Å². The van der Waals surface area contributed by atoms with Gasteiger partial charge in [-0.1, -0.05) is 72.8 Å². The molecule has 0 N–H and O–H groups in total. The average molecular weight is 474 g/mol. The first-order valence-corrected chi connectivity index (χ1v) is 12.6. The zero-order valence-electron chi connectivity index (χ0n) is 19.5. The Labute approximate surface area is 215 Å². The molecule has 0 aliphatic carbocycles. The third-order valence-electron chi connectivity index (χ3n) is 5.48. The van der Waals surface area contributed by atoms with Gasteiger partial charge >= 0.3 is 24.8 Å². The summed E-state index contributed by atoms with van der Waals surface area (Å²) in [5.41, 5.74) is 2.83. The van der Waals surface area contributed by atoms with Gasteiger partial charge in [-0.15, -0.1) is 59.3 Å². The van der Waals surface area contributed by atoms with E-state index in [1.54, 1.807) is 20.0 Å². The van der Waals surface area contributed by atoms with E-state index < -0.39 is 0 Å². The van der Waals surface area contributed by atoms with Gasteiger partial charge < -0.3 is 0 Å². The Kier molecular flexibility index (Phi) is 11.0. The Morgan fingerprint density at radius 2 is 0.794 bits per heavy atom. The van der Waals surface area contributed by atoms with Gasteiger partial charge in [0.1, 0.15) is 0 Å². The first-order chi connectivity index (χ1) is 16.9. The van der Waals surface area contributed by atoms with Crippen LogP contribution in [0.3, 0.4) is 0 Å². The summed E-state index contributed by atoms with van der Waals surface area (Å²) in [6.45, 7) is 0. The molecule has 0 aromatic heterocycles. The van der Waals surface area contributed by atoms with Crippen LogP contribution in [0.2, 0.25) is 0 Å². The van der Waals surface area contributed by atoms with Crippen LogP contribution in [0.25, 0.3) is 21.5 Å². The van der Waals surface area contributed by atoms with E-state index in [4.69, 9.17) is 0 Å². The van der Waals surface area contributed by atoms with E-state index in [9.17, 15) is 0 Å². The molecule has 166 valence electrons. The van der Waals surface area contributed by atoms with E-state index in [0.717, 1.165) is 12.8 Å². The van der Waals surface area contributed by atoms with Gasteiger partial charge in [0, 0.05) is 0 Å². The van der Waals surface area contributed by atoms with Crippen molar-refractivity contribution >= 4 is 26.4 Å². The fourth-order valence-corrected chi connectivity index (χ4v) is 3.72. The van der Waals surface area contributed by atoms with Crippen molar-refractivity contribution in [3.63, 3.8) is 0 Å². The molecule has 0 saturated carbocycles. The van der Waals surface area contributed by atoms with Crippen LogP contribution >= 0.6 is 0 Å². The molecule has 1 heteroatoms. The monoisotopic (exact) mass is 474 g/mol. The molecule has 0 spiro atoms. The third-order valence-corrected chi connectivity index (χ3v) is 5.48. The van der Waals surface area contributed by atoms with Crippen molar-refractivity contribution in [3.05, 3.63) is 157 Å². The van der Waals surface area contributed by atoms with Crippen LogP contribution in [0.4, 0.5) is 0 Å². The normalized spacial score (nSPS) is 9.71. The van der Waals surface area contributed by atoms with Crippen molar-refractivity contribution in [2.24, 2.45) is 0 Å². The minimum Gasteiger partial charge on any atom is -0.168 e. The Bertz CT molecular complexity index is 1160. The number of fused-ring (bicyclic) bond motifs is 2. The number of hydrogen-bond donors (Lipinski definition) is 0. The van der Waals surface area contributed by atoms with Gasteiger partial charge in [0.2, 0.25) is 0 Å². The summed E-state index contributed by atoms with van der Waals surface area (Å²) in [5, 5.41) is 5.32. The molecule has 0 radical (unpaired) electrons. The molecule has 0 amide bonds. The molecule has 0 aliphatic heterocycles. The zero-order valence-corrected chi connectivity index (χ0v) is 21.0. The average Bonchev–Trinajstić information content (AvgIpc) is 3.60. The molecule has 0 atom stereocenters. The second-order valence-corrected chi connectivity index (χ2v) is 7.78. The van der Waals surface area contributed by atoms with Crippen LogP contribution in [-0.4, -0.2) is 4.82 Å². The SMILES string of the molecule is [CH2]=[Ti+2].c1ccc(CCc2ccccc2)cc1.c1ccc2[cH-]ccc2c1.c1ccc2[cH-]ccc2c1. The number of rotatable bonds is 3. The van der Waals surface area contributed by atoms with Crippen LogP contribution in [0.5, 0.6) is 0 Å². The fourth-order valence-electron chi connectivity index (χ4n) is 3.72. The van der Waals surface area contributed by atoms with Gasteiger partial charge in [-0.25, -0.2) is 0 Å². The minimum absolute atomic E-state index is 1.13. The summed E-state index contributed by atoms with van der Waals surface area (Å²) < 4.78 is 0. The first kappa shape index (κ1) is 25.3. The minimum atomic E-state index is 1.13. The molecule has 0 fully saturated rings. The van der Waals surface area contributed by atoms with Gasteiger partial charge in [0.05, 0.1) is 0 Å². The van der Waals surface area contributed by atoms with Gasteiger partial charge in [0.15, 0.2) is 0 Å². The summed E-state index contributed by atoms with van der Waals surface area (Å²) in [6.07, 6.45) is 2.26. The summed E-state index contributed by atoms with van der Waals surface area (Å²) in [6, 6.07) is 50.6. The van der Waals surface area contributed by atoms with E-state index >= 15 is 0 Å². The second-order valence-electron chi connectivity index (χ2n) is 7.78. The van der Waals surface area contributed by atoms with Crippen LogP contribution in [0.1, 0.15) is 11.1 Å². The van der Waals surface area contributed by atoms with Gasteiger partial charge in [-0.05, 0) is 24.0 Å². The second kappa shape index (κ2) is 14.8. The van der Waals surface area contributed by atoms with Crippen molar-refractivity contribution in [3.8, 4) is 0 Å². The van der Waals surface area contributed by atoms with Crippen molar-refractivity contribution in [1.82, 2.24) is 0 Å². The maximum absolute atomic E-state index is 3.25. The van der Waals surface area contributed by atoms with Crippen LogP contribution in [0.15, 0.2) is 146 Å². The summed E-state index contributed by atoms with van der Waals surface area (Å²) in [5.74, 6) is 0. The van der Waals surface area contributed by atoms with E-state index in [-0.39, 0.29) is 0 Å². The van der Waals surface area contributed by atoms with Crippen molar-refractivity contribution < 1.29 is 20.0 Å². The fraction of sp³-hybridized carbons (Fsp3) is 0.0606. The Morgan fingerprint density at radius 3 is 1.18 bits per heavy atom. The molecule has 0 saturated heterocycles. The Morgan fingerprint density at radius 1 is 0.441 bits per heavy atom. The van der Waals surface area contributed by atoms with E-state index in [1.165, 1.54) is 32.7 Å². The van der Waals surface area contributed by atoms with Crippen LogP contribution < -0.4 is 0 Å². The predicted octanol–water partition coefficient (Wildman–Crippen LogP) is 8.55. The maximum Gasteiger partial charge on any atom is -0.0238 e. The summed E-state index contributed by atoms with van der Waals surface area (Å²) >= 11 is 1.75. The van der Waals surface area contributed by atoms with Gasteiger partial charge in [-0.2, -0.15) is 35.0 Å². The molecule has 0 nitrogen and oxygen atoms in total. The summed E-state index contributed by atoms with van der Waals surface area (Å²) in [4.78, 5) is 3.25. The van der Waals surface area contributed by atoms with E-state index in [1.807, 2.05) is 0 Å². The molecular weight excluding hydrogens is 444 g/mol. The van der Waals surface area contributed by atoms with E-state index in [2.05, 4.69) is 150 Å². The van der Waals surface area contributed by atoms with Crippen molar-refractivity contribution in [1.29, 1.82) is 0 Å². The molecule has 0 aliphatic rings. The largest absolute Gasteiger partial charge is 0.168 e. The number of aryl methyl sites for hydroxylation is 2. The molecule has 0 unspecified atom stereocenters. The quantitative estimate of drug-likeness (QED) is 0.178. The molecule has 0 bridgehead atoms. The van der Waals surface area contributed by atoms with Crippen molar-refractivity contribution in [2.45, 2.75) is 12.8 Å². The summed E-state index contributed by atoms with van der Waals surface area (Å²) in [7, 11) is 0. The van der Waals surface area contributed by atoms with Crippen LogP contribution in [0, 0.1) is 0 Å². The zero-order chi connectivity index (χ0) is 23.8. The molecule has 6 aromatic carbocycles. The molecule has 6 aromatic rings. The molecular formula is C33H30Ti. The van der Waals surface area contributed by atoms with Crippen molar-refractivity contribution in [2.75, 3.05) is 0 Å². The first-order valence-electron chi connectivity index (χ1n) is 11.5. The maximum atomic E-state index is 3.25. The standard InChI is InChI=1S/C14H14.2C9H7.CH2.Ti/c1-3-7-13(8-4-1)11-12-14-9-5-2-6-10-14;2*1-2-5-9-7-3-6-8(9)4-1;;/h1-10H,11-12H2;2*1-7H;1H2;/q;2*-1;;+2. The van der Waals surface area contributed by atoms with Crippen LogP contribution in [-0.2, 0) is 32.8 Å². The molecule has 34 heavy (non-hydrogen) atoms. The molecule has 0 heterocycles. The predicted molar refractivity (Wildman–Crippen MR) is 146 cm³/mol. The third kappa shape index (κ3) is 8.23. The Hall–Kier alpha value is -3.32. The van der Waals surface area contributed by atoms with E-state index in [0.29, 0.717) is 0 Å². The molecule has 6 rings (SSSR count). The number of benzene rings is 4. The number of hydrogen-bond acceptors (Lipinski definition) is 0. The topological polar surface area (TPSA) is 0 Å². The smallest absolute Gasteiger partial charge is 0.0238 e. The Balaban J connectivity index is 0.000000142. The van der Waals surface area contributed by atoms with Gasteiger partial charge in [0.25, 0.3) is 0 Å².